The molecule has 0 saturated carbocycles. The van der Waals surface area contributed by atoms with E-state index in [9.17, 15) is 0 Å². The van der Waals surface area contributed by atoms with Crippen LogP contribution in [-0.4, -0.2) is 0 Å². The molecule has 0 radical (unpaired) electrons. The molecular weight excluding hydrogens is 365 g/mol. The fourth-order valence-electron chi connectivity index (χ4n) is 2.26. The van der Waals surface area contributed by atoms with Gasteiger partial charge in [0.1, 0.15) is 0 Å². The highest BCUT2D eigenvalue weighted by Crippen LogP contribution is 2.40. The fourth-order valence-corrected chi connectivity index (χ4v) is 4.16. The Morgan fingerprint density at radius 3 is 3.06 bits per heavy atom. The van der Waals surface area contributed by atoms with Gasteiger partial charge in [0, 0.05) is 14.1 Å². The van der Waals surface area contributed by atoms with Crippen LogP contribution in [0.15, 0.2) is 30.3 Å². The molecule has 1 aromatic carbocycles. The van der Waals surface area contributed by atoms with Crippen LogP contribution in [0, 0.1) is 3.57 Å². The van der Waals surface area contributed by atoms with Crippen molar-refractivity contribution in [3.05, 3.63) is 48.7 Å². The van der Waals surface area contributed by atoms with Gasteiger partial charge in [-0.15, -0.1) is 11.3 Å². The summed E-state index contributed by atoms with van der Waals surface area (Å²) >= 11 is 10.1. The molecule has 0 amide bonds. The first-order valence-corrected chi connectivity index (χ1v) is 7.80. The Labute approximate surface area is 123 Å². The molecule has 1 aromatic heterocycles. The Kier molecular flexibility index (Phi) is 3.32. The third-order valence-corrected chi connectivity index (χ3v) is 5.02. The lowest BCUT2D eigenvalue weighted by Gasteiger charge is -2.14. The lowest BCUT2D eigenvalue weighted by atomic mass is 10.1. The molecular formula is C13H11ClINS. The molecule has 2 aromatic rings. The Hall–Kier alpha value is -0.260. The lowest BCUT2D eigenvalue weighted by Crippen LogP contribution is -2.06. The molecule has 0 spiro atoms. The minimum atomic E-state index is 0.423. The molecule has 4 heteroatoms. The number of hydrogen-bond acceptors (Lipinski definition) is 2. The smallest absolute Gasteiger partial charge is 0.0934 e. The van der Waals surface area contributed by atoms with E-state index in [4.69, 9.17) is 11.6 Å². The van der Waals surface area contributed by atoms with Crippen LogP contribution in [0.4, 0.5) is 5.69 Å². The zero-order valence-corrected chi connectivity index (χ0v) is 12.8. The summed E-state index contributed by atoms with van der Waals surface area (Å²) < 4.78 is 2.17. The summed E-state index contributed by atoms with van der Waals surface area (Å²) in [6.07, 6.45) is 2.32. The van der Waals surface area contributed by atoms with Gasteiger partial charge >= 0.3 is 0 Å². The normalized spacial score (nSPS) is 18.1. The van der Waals surface area contributed by atoms with Crippen molar-refractivity contribution in [2.45, 2.75) is 18.9 Å². The number of fused-ring (bicyclic) bond motifs is 1. The summed E-state index contributed by atoms with van der Waals surface area (Å²) in [5.74, 6) is 0. The maximum Gasteiger partial charge on any atom is 0.0934 e. The van der Waals surface area contributed by atoms with Gasteiger partial charge in [0.05, 0.1) is 10.4 Å². The van der Waals surface area contributed by atoms with E-state index in [2.05, 4.69) is 58.2 Å². The van der Waals surface area contributed by atoms with Crippen molar-refractivity contribution in [3.63, 3.8) is 0 Å². The summed E-state index contributed by atoms with van der Waals surface area (Å²) in [5.41, 5.74) is 2.58. The van der Waals surface area contributed by atoms with Crippen LogP contribution < -0.4 is 5.32 Å². The largest absolute Gasteiger partial charge is 0.378 e. The molecule has 1 aliphatic rings. The van der Waals surface area contributed by atoms with Gasteiger partial charge in [0.15, 0.2) is 0 Å². The molecule has 0 aliphatic heterocycles. The van der Waals surface area contributed by atoms with Crippen molar-refractivity contribution < 1.29 is 0 Å². The molecule has 17 heavy (non-hydrogen) atoms. The third kappa shape index (κ3) is 2.46. The second kappa shape index (κ2) is 4.78. The molecule has 1 N–H and O–H groups in total. The number of thiophene rings is 1. The summed E-state index contributed by atoms with van der Waals surface area (Å²) in [6, 6.07) is 11.0. The number of nitrogens with one attached hydrogen (secondary N) is 1. The highest BCUT2D eigenvalue weighted by Gasteiger charge is 2.24. The molecule has 1 heterocycles. The fraction of sp³-hybridized carbons (Fsp3) is 0.231. The van der Waals surface area contributed by atoms with E-state index in [-0.39, 0.29) is 0 Å². The number of hydrogen-bond donors (Lipinski definition) is 1. The van der Waals surface area contributed by atoms with Gasteiger partial charge in [-0.1, -0.05) is 17.7 Å². The Balaban J connectivity index is 1.83. The number of anilines is 1. The Morgan fingerprint density at radius 2 is 2.24 bits per heavy atom. The molecule has 88 valence electrons. The average Bonchev–Trinajstić information content (AvgIpc) is 2.80. The van der Waals surface area contributed by atoms with E-state index in [0.29, 0.717) is 6.04 Å². The first kappa shape index (κ1) is 11.8. The number of benzene rings is 1. The van der Waals surface area contributed by atoms with Crippen molar-refractivity contribution in [2.75, 3.05) is 5.32 Å². The van der Waals surface area contributed by atoms with Crippen LogP contribution in [0.1, 0.15) is 22.9 Å². The maximum atomic E-state index is 6.06. The van der Waals surface area contributed by atoms with Gasteiger partial charge in [0.25, 0.3) is 0 Å². The summed E-state index contributed by atoms with van der Waals surface area (Å²) in [5, 5.41) is 3.59. The Bertz CT molecular complexity index is 552. The van der Waals surface area contributed by atoms with Gasteiger partial charge in [0.2, 0.25) is 0 Å². The van der Waals surface area contributed by atoms with Gasteiger partial charge in [-0.3, -0.25) is 0 Å². The quantitative estimate of drug-likeness (QED) is 0.720. The van der Waals surface area contributed by atoms with Gasteiger partial charge in [-0.2, -0.15) is 0 Å². The van der Waals surface area contributed by atoms with Gasteiger partial charge < -0.3 is 5.32 Å². The van der Waals surface area contributed by atoms with Crippen molar-refractivity contribution in [3.8, 4) is 0 Å². The van der Waals surface area contributed by atoms with Gasteiger partial charge in [-0.25, -0.2) is 0 Å². The van der Waals surface area contributed by atoms with Crippen LogP contribution in [-0.2, 0) is 6.42 Å². The second-order valence-electron chi connectivity index (χ2n) is 4.17. The monoisotopic (exact) mass is 375 g/mol. The number of halogens is 2. The molecule has 1 aliphatic carbocycles. The first-order valence-electron chi connectivity index (χ1n) is 5.52. The average molecular weight is 376 g/mol. The van der Waals surface area contributed by atoms with E-state index >= 15 is 0 Å². The maximum absolute atomic E-state index is 6.06. The van der Waals surface area contributed by atoms with E-state index in [1.807, 2.05) is 0 Å². The van der Waals surface area contributed by atoms with E-state index in [0.717, 1.165) is 10.8 Å². The number of rotatable bonds is 2. The van der Waals surface area contributed by atoms with E-state index < -0.39 is 0 Å². The SMILES string of the molecule is Clc1cc2c(s1)CCC2Nc1cccc(I)c1. The third-order valence-electron chi connectivity index (χ3n) is 3.01. The first-order chi connectivity index (χ1) is 8.22. The van der Waals surface area contributed by atoms with Crippen molar-refractivity contribution >= 4 is 51.2 Å². The van der Waals surface area contributed by atoms with Crippen LogP contribution in [0.2, 0.25) is 4.34 Å². The zero-order chi connectivity index (χ0) is 11.8. The van der Waals surface area contributed by atoms with Crippen molar-refractivity contribution in [1.82, 2.24) is 0 Å². The zero-order valence-electron chi connectivity index (χ0n) is 9.04. The molecule has 0 bridgehead atoms. The lowest BCUT2D eigenvalue weighted by molar-refractivity contribution is 0.762. The van der Waals surface area contributed by atoms with Gasteiger partial charge in [-0.05, 0) is 65.3 Å². The van der Waals surface area contributed by atoms with Crippen LogP contribution in [0.25, 0.3) is 0 Å². The molecule has 0 fully saturated rings. The summed E-state index contributed by atoms with van der Waals surface area (Å²) in [6.45, 7) is 0. The standard InChI is InChI=1S/C13H11ClINS/c14-13-7-10-11(4-5-12(10)17-13)16-9-3-1-2-8(15)6-9/h1-3,6-7,11,16H,4-5H2. The molecule has 1 nitrogen and oxygen atoms in total. The molecule has 3 rings (SSSR count). The van der Waals surface area contributed by atoms with Crippen molar-refractivity contribution in [1.29, 1.82) is 0 Å². The summed E-state index contributed by atoms with van der Waals surface area (Å²) in [4.78, 5) is 1.44. The van der Waals surface area contributed by atoms with E-state index in [1.165, 1.54) is 26.1 Å². The number of aryl methyl sites for hydroxylation is 1. The van der Waals surface area contributed by atoms with Crippen LogP contribution in [0.3, 0.4) is 0 Å². The predicted molar refractivity (Wildman–Crippen MR) is 83.2 cm³/mol. The highest BCUT2D eigenvalue weighted by molar-refractivity contribution is 14.1. The predicted octanol–water partition coefficient (Wildman–Crippen LogP) is 5.11. The van der Waals surface area contributed by atoms with Crippen LogP contribution >= 0.6 is 45.5 Å². The molecule has 0 saturated heterocycles. The summed E-state index contributed by atoms with van der Waals surface area (Å²) in [7, 11) is 0. The topological polar surface area (TPSA) is 12.0 Å². The van der Waals surface area contributed by atoms with Crippen LogP contribution in [0.5, 0.6) is 0 Å². The minimum absolute atomic E-state index is 0.423. The molecule has 1 atom stereocenters. The molecule has 1 unspecified atom stereocenters. The second-order valence-corrected chi connectivity index (χ2v) is 7.19. The van der Waals surface area contributed by atoms with Crippen molar-refractivity contribution in [2.24, 2.45) is 0 Å². The van der Waals surface area contributed by atoms with E-state index in [1.54, 1.807) is 11.3 Å². The highest BCUT2D eigenvalue weighted by atomic mass is 127. The Morgan fingerprint density at radius 1 is 1.35 bits per heavy atom. The minimum Gasteiger partial charge on any atom is -0.378 e.